The van der Waals surface area contributed by atoms with Crippen molar-refractivity contribution in [2.24, 2.45) is 11.8 Å². The summed E-state index contributed by atoms with van der Waals surface area (Å²) in [7, 11) is 2.03. The predicted octanol–water partition coefficient (Wildman–Crippen LogP) is 5.05. The Morgan fingerprint density at radius 3 is 2.50 bits per heavy atom. The fourth-order valence-corrected chi connectivity index (χ4v) is 2.25. The maximum atomic E-state index is 3.06. The topological polar surface area (TPSA) is 3.24 Å². The second-order valence-electron chi connectivity index (χ2n) is 5.43. The molecule has 0 aliphatic heterocycles. The van der Waals surface area contributed by atoms with E-state index in [1.54, 1.807) is 0 Å². The van der Waals surface area contributed by atoms with E-state index in [-0.39, 0.29) is 0 Å². The summed E-state index contributed by atoms with van der Waals surface area (Å²) >= 11 is 0. The van der Waals surface area contributed by atoms with Gasteiger partial charge in [0, 0.05) is 19.3 Å². The molecule has 0 saturated heterocycles. The van der Waals surface area contributed by atoms with E-state index < -0.39 is 0 Å². The van der Waals surface area contributed by atoms with Gasteiger partial charge in [0.1, 0.15) is 0 Å². The molecular weight excluding hydrogens is 218 g/mol. The molecule has 0 spiro atoms. The highest BCUT2D eigenvalue weighted by molar-refractivity contribution is 5.08. The van der Waals surface area contributed by atoms with Crippen LogP contribution in [0.2, 0.25) is 0 Å². The van der Waals surface area contributed by atoms with Crippen molar-refractivity contribution in [2.45, 2.75) is 66.7 Å². The van der Waals surface area contributed by atoms with Crippen LogP contribution in [0, 0.1) is 23.8 Å². The highest BCUT2D eigenvalue weighted by atomic mass is 15.0. The fraction of sp³-hybridized carbons (Fsp3) is 0.765. The lowest BCUT2D eigenvalue weighted by molar-refractivity contribution is 0.390. The highest BCUT2D eigenvalue weighted by Crippen LogP contribution is 2.26. The average molecular weight is 249 g/mol. The van der Waals surface area contributed by atoms with E-state index in [1.165, 1.54) is 37.7 Å². The van der Waals surface area contributed by atoms with Crippen molar-refractivity contribution in [3.05, 3.63) is 11.8 Å². The van der Waals surface area contributed by atoms with Gasteiger partial charge in [-0.1, -0.05) is 51.5 Å². The molecule has 0 heterocycles. The van der Waals surface area contributed by atoms with E-state index in [9.17, 15) is 0 Å². The Labute approximate surface area is 115 Å². The predicted molar refractivity (Wildman–Crippen MR) is 82.1 cm³/mol. The molecular formula is C17H31N. The van der Waals surface area contributed by atoms with Gasteiger partial charge in [0.25, 0.3) is 0 Å². The molecule has 2 unspecified atom stereocenters. The lowest BCUT2D eigenvalue weighted by Crippen LogP contribution is -2.11. The van der Waals surface area contributed by atoms with Crippen LogP contribution in [0.3, 0.4) is 0 Å². The van der Waals surface area contributed by atoms with Gasteiger partial charge in [-0.05, 0) is 38.5 Å². The first-order valence-electron chi connectivity index (χ1n) is 7.38. The van der Waals surface area contributed by atoms with Gasteiger partial charge in [-0.15, -0.1) is 0 Å². The smallest absolute Gasteiger partial charge is 0.0196 e. The van der Waals surface area contributed by atoms with Gasteiger partial charge in [0.05, 0.1) is 0 Å². The quantitative estimate of drug-likeness (QED) is 0.430. The minimum absolute atomic E-state index is 0.723. The zero-order valence-electron chi connectivity index (χ0n) is 13.2. The normalized spacial score (nSPS) is 14.7. The van der Waals surface area contributed by atoms with E-state index >= 15 is 0 Å². The average Bonchev–Trinajstić information content (AvgIpc) is 2.34. The first-order valence-corrected chi connectivity index (χ1v) is 7.38. The van der Waals surface area contributed by atoms with Crippen molar-refractivity contribution in [1.82, 2.24) is 4.90 Å². The molecule has 1 nitrogen and oxygen atoms in total. The number of unbranched alkanes of at least 4 members (excludes halogenated alkanes) is 1. The van der Waals surface area contributed by atoms with Gasteiger partial charge < -0.3 is 4.90 Å². The van der Waals surface area contributed by atoms with Gasteiger partial charge in [-0.25, -0.2) is 0 Å². The summed E-state index contributed by atoms with van der Waals surface area (Å²) in [6.45, 7) is 11.1. The number of hydrogen-bond acceptors (Lipinski definition) is 1. The second-order valence-corrected chi connectivity index (χ2v) is 5.43. The van der Waals surface area contributed by atoms with Crippen LogP contribution in [0.1, 0.15) is 66.7 Å². The monoisotopic (exact) mass is 249 g/mol. The SMILES string of the molecule is CC#CN(C)/C=C(\C)C(CCCC)CC(C)CC. The van der Waals surface area contributed by atoms with Crippen LogP contribution in [0.25, 0.3) is 0 Å². The third-order valence-corrected chi connectivity index (χ3v) is 3.62. The number of nitrogens with zero attached hydrogens (tertiary/aromatic N) is 1. The van der Waals surface area contributed by atoms with E-state index in [4.69, 9.17) is 0 Å². The Balaban J connectivity index is 4.64. The molecule has 0 aromatic heterocycles. The molecule has 1 heteroatoms. The third-order valence-electron chi connectivity index (χ3n) is 3.62. The Morgan fingerprint density at radius 1 is 1.33 bits per heavy atom. The molecule has 0 radical (unpaired) electrons. The number of rotatable bonds is 8. The molecule has 0 fully saturated rings. The fourth-order valence-electron chi connectivity index (χ4n) is 2.25. The van der Waals surface area contributed by atoms with Crippen LogP contribution >= 0.6 is 0 Å². The summed E-state index contributed by atoms with van der Waals surface area (Å²) in [5.74, 6) is 4.48. The van der Waals surface area contributed by atoms with Crippen LogP contribution in [-0.4, -0.2) is 11.9 Å². The van der Waals surface area contributed by atoms with E-state index in [1.807, 2.05) is 18.9 Å². The molecule has 0 aromatic carbocycles. The van der Waals surface area contributed by atoms with Gasteiger partial charge >= 0.3 is 0 Å². The van der Waals surface area contributed by atoms with E-state index in [2.05, 4.69) is 45.9 Å². The van der Waals surface area contributed by atoms with Crippen molar-refractivity contribution in [1.29, 1.82) is 0 Å². The van der Waals surface area contributed by atoms with E-state index in [0.29, 0.717) is 0 Å². The first kappa shape index (κ1) is 17.1. The Bertz CT molecular complexity index is 292. The Hall–Kier alpha value is -0.900. The molecule has 18 heavy (non-hydrogen) atoms. The summed E-state index contributed by atoms with van der Waals surface area (Å²) in [4.78, 5) is 1.99. The van der Waals surface area contributed by atoms with Crippen LogP contribution in [0.4, 0.5) is 0 Å². The van der Waals surface area contributed by atoms with Crippen LogP contribution in [0.15, 0.2) is 11.8 Å². The third kappa shape index (κ3) is 7.43. The summed E-state index contributed by atoms with van der Waals surface area (Å²) in [6, 6.07) is 3.06. The zero-order valence-corrected chi connectivity index (χ0v) is 13.2. The minimum Gasteiger partial charge on any atom is -0.312 e. The molecule has 0 aromatic rings. The number of allylic oxidation sites excluding steroid dienone is 1. The highest BCUT2D eigenvalue weighted by Gasteiger charge is 2.14. The Morgan fingerprint density at radius 2 is 2.00 bits per heavy atom. The Kier molecular flexibility index (Phi) is 9.56. The molecule has 0 saturated carbocycles. The summed E-state index contributed by atoms with van der Waals surface area (Å²) in [6.07, 6.45) is 8.73. The van der Waals surface area contributed by atoms with Crippen molar-refractivity contribution < 1.29 is 0 Å². The summed E-state index contributed by atoms with van der Waals surface area (Å²) in [5, 5.41) is 0. The second kappa shape index (κ2) is 10.1. The van der Waals surface area contributed by atoms with Crippen LogP contribution in [-0.2, 0) is 0 Å². The molecule has 0 aliphatic carbocycles. The first-order chi connectivity index (χ1) is 8.54. The van der Waals surface area contributed by atoms with Crippen LogP contribution in [0.5, 0.6) is 0 Å². The van der Waals surface area contributed by atoms with Crippen molar-refractivity contribution >= 4 is 0 Å². The number of hydrogen-bond donors (Lipinski definition) is 0. The molecule has 0 amide bonds. The molecule has 0 N–H and O–H groups in total. The van der Waals surface area contributed by atoms with Crippen molar-refractivity contribution in [2.75, 3.05) is 7.05 Å². The summed E-state index contributed by atoms with van der Waals surface area (Å²) < 4.78 is 0. The molecule has 104 valence electrons. The van der Waals surface area contributed by atoms with Gasteiger partial charge in [0.15, 0.2) is 0 Å². The molecule has 0 rings (SSSR count). The largest absolute Gasteiger partial charge is 0.312 e. The summed E-state index contributed by atoms with van der Waals surface area (Å²) in [5.41, 5.74) is 1.48. The maximum absolute atomic E-state index is 3.06. The van der Waals surface area contributed by atoms with E-state index in [0.717, 1.165) is 11.8 Å². The van der Waals surface area contributed by atoms with Crippen molar-refractivity contribution in [3.8, 4) is 12.0 Å². The maximum Gasteiger partial charge on any atom is 0.0196 e. The van der Waals surface area contributed by atoms with Crippen molar-refractivity contribution in [3.63, 3.8) is 0 Å². The minimum atomic E-state index is 0.723. The molecule has 0 aliphatic rings. The zero-order chi connectivity index (χ0) is 14.0. The lowest BCUT2D eigenvalue weighted by atomic mass is 9.85. The van der Waals surface area contributed by atoms with Gasteiger partial charge in [-0.3, -0.25) is 0 Å². The molecule has 0 bridgehead atoms. The van der Waals surface area contributed by atoms with Crippen LogP contribution < -0.4 is 0 Å². The van der Waals surface area contributed by atoms with Gasteiger partial charge in [-0.2, -0.15) is 0 Å². The molecule has 2 atom stereocenters. The van der Waals surface area contributed by atoms with Gasteiger partial charge in [0.2, 0.25) is 0 Å². The lowest BCUT2D eigenvalue weighted by Gasteiger charge is -2.22. The standard InChI is InChI=1S/C17H31N/c1-7-10-11-17(13-15(4)9-3)16(5)14-18(6)12-8-2/h14-15,17H,7,9-11,13H2,1-6H3/b16-14+.